The highest BCUT2D eigenvalue weighted by Crippen LogP contribution is 2.33. The van der Waals surface area contributed by atoms with Crippen LogP contribution in [0.4, 0.5) is 0 Å². The van der Waals surface area contributed by atoms with Gasteiger partial charge in [0.2, 0.25) is 0 Å². The van der Waals surface area contributed by atoms with Gasteiger partial charge in [-0.25, -0.2) is 0 Å². The largest absolute Gasteiger partial charge is 0.493 e. The van der Waals surface area contributed by atoms with Crippen LogP contribution in [0.1, 0.15) is 50.2 Å². The first kappa shape index (κ1) is 19.8. The SMILES string of the molecule is CCNC(=NCC1(O)CCCCC1)N1CCc2cc(OC)c(OC)cc2C1. The molecule has 6 nitrogen and oxygen atoms in total. The minimum absolute atomic E-state index is 0.477. The molecule has 3 rings (SSSR count). The zero-order valence-corrected chi connectivity index (χ0v) is 16.9. The molecule has 1 fully saturated rings. The Morgan fingerprint density at radius 2 is 1.81 bits per heavy atom. The third-order valence-electron chi connectivity index (χ3n) is 5.66. The monoisotopic (exact) mass is 375 g/mol. The van der Waals surface area contributed by atoms with Crippen molar-refractivity contribution < 1.29 is 14.6 Å². The second-order valence-corrected chi connectivity index (χ2v) is 7.60. The summed E-state index contributed by atoms with van der Waals surface area (Å²) in [6.45, 7) is 5.04. The van der Waals surface area contributed by atoms with Gasteiger partial charge < -0.3 is 24.8 Å². The van der Waals surface area contributed by atoms with Crippen molar-refractivity contribution in [1.82, 2.24) is 10.2 Å². The molecule has 0 unspecified atom stereocenters. The number of benzene rings is 1. The number of guanidine groups is 1. The minimum atomic E-state index is -0.636. The predicted molar refractivity (Wildman–Crippen MR) is 108 cm³/mol. The van der Waals surface area contributed by atoms with Crippen LogP contribution >= 0.6 is 0 Å². The summed E-state index contributed by atoms with van der Waals surface area (Å²) in [6.07, 6.45) is 6.07. The van der Waals surface area contributed by atoms with Crippen molar-refractivity contribution in [3.05, 3.63) is 23.3 Å². The van der Waals surface area contributed by atoms with Crippen molar-refractivity contribution in [2.24, 2.45) is 4.99 Å². The van der Waals surface area contributed by atoms with Gasteiger partial charge in [0.15, 0.2) is 17.5 Å². The van der Waals surface area contributed by atoms with E-state index in [2.05, 4.69) is 29.3 Å². The number of fused-ring (bicyclic) bond motifs is 1. The van der Waals surface area contributed by atoms with E-state index in [0.29, 0.717) is 6.54 Å². The Balaban J connectivity index is 1.76. The Morgan fingerprint density at radius 3 is 2.44 bits per heavy atom. The Labute approximate surface area is 162 Å². The molecule has 1 aromatic rings. The number of hydrogen-bond donors (Lipinski definition) is 2. The topological polar surface area (TPSA) is 66.3 Å². The number of methoxy groups -OCH3 is 2. The molecule has 27 heavy (non-hydrogen) atoms. The summed E-state index contributed by atoms with van der Waals surface area (Å²) in [5.74, 6) is 2.43. The molecule has 2 aliphatic rings. The molecule has 0 atom stereocenters. The van der Waals surface area contributed by atoms with E-state index in [-0.39, 0.29) is 0 Å². The summed E-state index contributed by atoms with van der Waals surface area (Å²) in [7, 11) is 3.34. The number of nitrogens with zero attached hydrogens (tertiary/aromatic N) is 2. The third-order valence-corrected chi connectivity index (χ3v) is 5.66. The molecule has 1 heterocycles. The van der Waals surface area contributed by atoms with Crippen molar-refractivity contribution in [3.63, 3.8) is 0 Å². The first-order chi connectivity index (χ1) is 13.1. The highest BCUT2D eigenvalue weighted by Gasteiger charge is 2.29. The maximum Gasteiger partial charge on any atom is 0.194 e. The molecule has 6 heteroatoms. The van der Waals surface area contributed by atoms with E-state index in [1.807, 2.05) is 0 Å². The second-order valence-electron chi connectivity index (χ2n) is 7.60. The smallest absolute Gasteiger partial charge is 0.194 e. The summed E-state index contributed by atoms with van der Waals surface area (Å²) in [5.41, 5.74) is 1.90. The summed E-state index contributed by atoms with van der Waals surface area (Å²) in [4.78, 5) is 7.08. The lowest BCUT2D eigenvalue weighted by Crippen LogP contribution is -2.45. The van der Waals surface area contributed by atoms with Crippen LogP contribution in [0.3, 0.4) is 0 Å². The lowest BCUT2D eigenvalue weighted by atomic mass is 9.85. The van der Waals surface area contributed by atoms with Gasteiger partial charge in [-0.05, 0) is 49.4 Å². The molecule has 2 N–H and O–H groups in total. The molecule has 0 spiro atoms. The zero-order valence-electron chi connectivity index (χ0n) is 16.9. The molecule has 1 aliphatic carbocycles. The summed E-state index contributed by atoms with van der Waals surface area (Å²) in [6, 6.07) is 4.15. The van der Waals surface area contributed by atoms with E-state index in [4.69, 9.17) is 14.5 Å². The first-order valence-corrected chi connectivity index (χ1v) is 10.1. The highest BCUT2D eigenvalue weighted by molar-refractivity contribution is 5.80. The fourth-order valence-corrected chi connectivity index (χ4v) is 4.08. The van der Waals surface area contributed by atoms with Crippen LogP contribution in [-0.2, 0) is 13.0 Å². The van der Waals surface area contributed by atoms with Gasteiger partial charge in [-0.2, -0.15) is 0 Å². The highest BCUT2D eigenvalue weighted by atomic mass is 16.5. The Kier molecular flexibility index (Phi) is 6.47. The van der Waals surface area contributed by atoms with Gasteiger partial charge in [0.1, 0.15) is 0 Å². The Bertz CT molecular complexity index is 669. The van der Waals surface area contributed by atoms with Crippen LogP contribution in [0.2, 0.25) is 0 Å². The molecule has 0 radical (unpaired) electrons. The Hall–Kier alpha value is -1.95. The fraction of sp³-hybridized carbons (Fsp3) is 0.667. The molecule has 1 aromatic carbocycles. The Morgan fingerprint density at radius 1 is 1.15 bits per heavy atom. The molecular formula is C21H33N3O3. The number of hydrogen-bond acceptors (Lipinski definition) is 4. The molecule has 1 saturated carbocycles. The van der Waals surface area contributed by atoms with Gasteiger partial charge in [-0.3, -0.25) is 4.99 Å². The average Bonchev–Trinajstić information content (AvgIpc) is 2.70. The van der Waals surface area contributed by atoms with Gasteiger partial charge in [0.25, 0.3) is 0 Å². The van der Waals surface area contributed by atoms with E-state index in [0.717, 1.165) is 69.2 Å². The lowest BCUT2D eigenvalue weighted by Gasteiger charge is -2.34. The van der Waals surface area contributed by atoms with Gasteiger partial charge in [0, 0.05) is 19.6 Å². The van der Waals surface area contributed by atoms with Crippen LogP contribution in [0.25, 0.3) is 0 Å². The fourth-order valence-electron chi connectivity index (χ4n) is 4.08. The molecule has 0 aromatic heterocycles. The molecule has 1 aliphatic heterocycles. The second kappa shape index (κ2) is 8.83. The molecule has 150 valence electrons. The quantitative estimate of drug-likeness (QED) is 0.612. The number of aliphatic imine (C=N–C) groups is 1. The zero-order chi connectivity index (χ0) is 19.3. The lowest BCUT2D eigenvalue weighted by molar-refractivity contribution is 0.0129. The number of aliphatic hydroxyl groups is 1. The maximum absolute atomic E-state index is 10.8. The maximum atomic E-state index is 10.8. The van der Waals surface area contributed by atoms with E-state index < -0.39 is 5.60 Å². The number of ether oxygens (including phenoxy) is 2. The van der Waals surface area contributed by atoms with Crippen LogP contribution in [-0.4, -0.2) is 55.4 Å². The van der Waals surface area contributed by atoms with Crippen LogP contribution in [0.5, 0.6) is 11.5 Å². The van der Waals surface area contributed by atoms with E-state index in [1.54, 1.807) is 14.2 Å². The normalized spacial score (nSPS) is 19.4. The third kappa shape index (κ3) is 4.67. The van der Waals surface area contributed by atoms with Crippen molar-refractivity contribution in [2.75, 3.05) is 33.9 Å². The van der Waals surface area contributed by atoms with Crippen molar-refractivity contribution in [3.8, 4) is 11.5 Å². The van der Waals surface area contributed by atoms with Crippen LogP contribution in [0, 0.1) is 0 Å². The van der Waals surface area contributed by atoms with Crippen LogP contribution < -0.4 is 14.8 Å². The predicted octanol–water partition coefficient (Wildman–Crippen LogP) is 2.72. The summed E-state index contributed by atoms with van der Waals surface area (Å²) in [5, 5.41) is 14.2. The van der Waals surface area contributed by atoms with Crippen molar-refractivity contribution in [2.45, 2.75) is 57.6 Å². The summed E-state index contributed by atoms with van der Waals surface area (Å²) >= 11 is 0. The standard InChI is InChI=1S/C21H33N3O3/c1-4-22-20(23-15-21(25)9-6-5-7-10-21)24-11-8-16-12-18(26-2)19(27-3)13-17(16)14-24/h12-13,25H,4-11,14-15H2,1-3H3,(H,22,23). The van der Waals surface area contributed by atoms with Gasteiger partial charge in [-0.15, -0.1) is 0 Å². The van der Waals surface area contributed by atoms with E-state index >= 15 is 0 Å². The van der Waals surface area contributed by atoms with Crippen molar-refractivity contribution in [1.29, 1.82) is 0 Å². The molecule has 0 saturated heterocycles. The van der Waals surface area contributed by atoms with E-state index in [9.17, 15) is 5.11 Å². The van der Waals surface area contributed by atoms with Gasteiger partial charge in [0.05, 0.1) is 26.4 Å². The average molecular weight is 376 g/mol. The molecule has 0 bridgehead atoms. The van der Waals surface area contributed by atoms with Crippen molar-refractivity contribution >= 4 is 5.96 Å². The molecule has 0 amide bonds. The number of rotatable bonds is 5. The van der Waals surface area contributed by atoms with E-state index in [1.165, 1.54) is 17.5 Å². The van der Waals surface area contributed by atoms with Gasteiger partial charge >= 0.3 is 0 Å². The van der Waals surface area contributed by atoms with Gasteiger partial charge in [-0.1, -0.05) is 19.3 Å². The summed E-state index contributed by atoms with van der Waals surface area (Å²) < 4.78 is 10.9. The molecular weight excluding hydrogens is 342 g/mol. The number of nitrogens with one attached hydrogen (secondary N) is 1. The first-order valence-electron chi connectivity index (χ1n) is 10.1. The van der Waals surface area contributed by atoms with Crippen LogP contribution in [0.15, 0.2) is 17.1 Å². The minimum Gasteiger partial charge on any atom is -0.493 e.